The molecule has 1 aromatic heterocycles. The highest BCUT2D eigenvalue weighted by molar-refractivity contribution is 9.10. The van der Waals surface area contributed by atoms with Crippen LogP contribution in [0.2, 0.25) is 5.02 Å². The molecule has 0 aliphatic carbocycles. The molecule has 0 saturated carbocycles. The van der Waals surface area contributed by atoms with Gasteiger partial charge in [-0.2, -0.15) is 13.2 Å². The smallest absolute Gasteiger partial charge is 0.434 e. The highest BCUT2D eigenvalue weighted by Crippen LogP contribution is 2.38. The van der Waals surface area contributed by atoms with Crippen LogP contribution in [0.15, 0.2) is 80.6 Å². The zero-order chi connectivity index (χ0) is 27.6. The average Bonchev–Trinajstić information content (AvgIpc) is 3.17. The Morgan fingerprint density at radius 3 is 2.58 bits per heavy atom. The van der Waals surface area contributed by atoms with E-state index in [0.717, 1.165) is 15.9 Å². The molecule has 0 unspecified atom stereocenters. The quantitative estimate of drug-likeness (QED) is 0.263. The van der Waals surface area contributed by atoms with Gasteiger partial charge in [0.15, 0.2) is 10.5 Å². The minimum atomic E-state index is -4.98. The van der Waals surface area contributed by atoms with Crippen molar-refractivity contribution in [1.29, 1.82) is 0 Å². The van der Waals surface area contributed by atoms with Gasteiger partial charge in [-0.3, -0.25) is 9.36 Å². The molecule has 6 nitrogen and oxygen atoms in total. The molecule has 0 bridgehead atoms. The molecule has 3 aromatic rings. The van der Waals surface area contributed by atoms with Crippen molar-refractivity contribution in [3.05, 3.63) is 107 Å². The van der Waals surface area contributed by atoms with Crippen molar-refractivity contribution in [3.8, 4) is 5.75 Å². The lowest BCUT2D eigenvalue weighted by molar-refractivity contribution is -0.140. The largest absolute Gasteiger partial charge is 0.488 e. The number of thiazole rings is 1. The maximum atomic E-state index is 14.2. The first-order valence-corrected chi connectivity index (χ1v) is 13.1. The van der Waals surface area contributed by atoms with E-state index < -0.39 is 35.0 Å². The number of fused-ring (bicyclic) bond motifs is 1. The van der Waals surface area contributed by atoms with Gasteiger partial charge in [0.2, 0.25) is 0 Å². The van der Waals surface area contributed by atoms with E-state index in [4.69, 9.17) is 21.1 Å². The summed E-state index contributed by atoms with van der Waals surface area (Å²) < 4.78 is 54.8. The standard InChI is InChI=1S/C26H19BrClF3N2O4S/c1-3-11-37-18-10-5-14(12-17(18)27)13-19-23(34)33-21(15-6-8-16(28)9-7-15)20(24(35)36-4-2)22(26(29,30)31)32-25(33)38-19/h3,5-10,12-13,21H,1,4,11H2,2H3/b19-13-/t21-/m1/s1. The summed E-state index contributed by atoms with van der Waals surface area (Å²) in [4.78, 5) is 30.0. The number of rotatable bonds is 7. The minimum absolute atomic E-state index is 0.126. The number of hydrogen-bond acceptors (Lipinski definition) is 6. The number of esters is 1. The van der Waals surface area contributed by atoms with Crippen LogP contribution in [0.4, 0.5) is 13.2 Å². The highest BCUT2D eigenvalue weighted by atomic mass is 79.9. The monoisotopic (exact) mass is 626 g/mol. The molecule has 1 aliphatic heterocycles. The van der Waals surface area contributed by atoms with E-state index >= 15 is 0 Å². The van der Waals surface area contributed by atoms with Crippen LogP contribution in [-0.2, 0) is 9.53 Å². The molecule has 0 spiro atoms. The Bertz CT molecular complexity index is 1610. The Morgan fingerprint density at radius 2 is 1.97 bits per heavy atom. The number of carbonyl (C=O) groups excluding carboxylic acids is 1. The molecule has 1 aliphatic rings. The van der Waals surface area contributed by atoms with Gasteiger partial charge in [-0.25, -0.2) is 9.79 Å². The number of nitrogens with zero attached hydrogens (tertiary/aromatic N) is 2. The lowest BCUT2D eigenvalue weighted by Gasteiger charge is -2.26. The molecular formula is C26H19BrClF3N2O4S. The third-order valence-corrected chi connectivity index (χ3v) is 7.25. The maximum Gasteiger partial charge on any atom is 0.434 e. The van der Waals surface area contributed by atoms with Crippen molar-refractivity contribution >= 4 is 50.9 Å². The van der Waals surface area contributed by atoms with Crippen molar-refractivity contribution in [2.24, 2.45) is 4.99 Å². The summed E-state index contributed by atoms with van der Waals surface area (Å²) in [6.45, 7) is 5.21. The molecule has 38 heavy (non-hydrogen) atoms. The van der Waals surface area contributed by atoms with Crippen molar-refractivity contribution in [2.45, 2.75) is 19.1 Å². The highest BCUT2D eigenvalue weighted by Gasteiger charge is 2.45. The number of alkyl halides is 3. The van der Waals surface area contributed by atoms with Crippen molar-refractivity contribution < 1.29 is 27.4 Å². The van der Waals surface area contributed by atoms with Crippen LogP contribution in [0.1, 0.15) is 24.1 Å². The summed E-state index contributed by atoms with van der Waals surface area (Å²) in [6, 6.07) is 9.52. The fourth-order valence-electron chi connectivity index (χ4n) is 3.82. The first-order valence-electron chi connectivity index (χ1n) is 11.1. The zero-order valence-corrected chi connectivity index (χ0v) is 22.9. The molecule has 0 radical (unpaired) electrons. The predicted molar refractivity (Wildman–Crippen MR) is 142 cm³/mol. The van der Waals surface area contributed by atoms with Gasteiger partial charge in [0.25, 0.3) is 5.56 Å². The van der Waals surface area contributed by atoms with Gasteiger partial charge in [0.1, 0.15) is 12.4 Å². The van der Waals surface area contributed by atoms with Crippen LogP contribution >= 0.6 is 38.9 Å². The number of hydrogen-bond donors (Lipinski definition) is 0. The second-order valence-electron chi connectivity index (χ2n) is 7.90. The van der Waals surface area contributed by atoms with Gasteiger partial charge in [0.05, 0.1) is 27.2 Å². The first-order chi connectivity index (χ1) is 18.0. The van der Waals surface area contributed by atoms with Crippen LogP contribution in [-0.4, -0.2) is 29.9 Å². The zero-order valence-electron chi connectivity index (χ0n) is 19.7. The molecule has 0 fully saturated rings. The Morgan fingerprint density at radius 1 is 1.26 bits per heavy atom. The second-order valence-corrected chi connectivity index (χ2v) is 10.2. The van der Waals surface area contributed by atoms with Crippen LogP contribution < -0.4 is 19.6 Å². The fourth-order valence-corrected chi connectivity index (χ4v) is 5.46. The number of allylic oxidation sites excluding steroid dienone is 1. The Hall–Kier alpha value is -3.15. The summed E-state index contributed by atoms with van der Waals surface area (Å²) in [7, 11) is 0. The molecule has 2 heterocycles. The molecule has 1 atom stereocenters. The van der Waals surface area contributed by atoms with Gasteiger partial charge >= 0.3 is 12.1 Å². The van der Waals surface area contributed by atoms with E-state index in [0.29, 0.717) is 27.4 Å². The molecule has 0 saturated heterocycles. The van der Waals surface area contributed by atoms with Gasteiger partial charge < -0.3 is 9.47 Å². The fraction of sp³-hybridized carbons (Fsp3) is 0.192. The third kappa shape index (κ3) is 5.64. The van der Waals surface area contributed by atoms with E-state index in [-0.39, 0.29) is 21.5 Å². The van der Waals surface area contributed by atoms with Crippen LogP contribution in [0.5, 0.6) is 5.75 Å². The maximum absolute atomic E-state index is 14.2. The predicted octanol–water partition coefficient (Wildman–Crippen LogP) is 5.32. The normalized spacial score (nSPS) is 15.6. The van der Waals surface area contributed by atoms with Crippen LogP contribution in [0.25, 0.3) is 6.08 Å². The Labute approximate surface area is 232 Å². The molecular weight excluding hydrogens is 609 g/mol. The molecule has 0 amide bonds. The number of carbonyl (C=O) groups is 1. The average molecular weight is 628 g/mol. The number of aromatic nitrogens is 1. The van der Waals surface area contributed by atoms with E-state index in [1.54, 1.807) is 24.3 Å². The Kier molecular flexibility index (Phi) is 8.29. The van der Waals surface area contributed by atoms with Crippen molar-refractivity contribution in [1.82, 2.24) is 4.57 Å². The van der Waals surface area contributed by atoms with Crippen LogP contribution in [0.3, 0.4) is 0 Å². The molecule has 4 rings (SSSR count). The number of ether oxygens (including phenoxy) is 2. The van der Waals surface area contributed by atoms with E-state index in [2.05, 4.69) is 27.5 Å². The Balaban J connectivity index is 1.96. The summed E-state index contributed by atoms with van der Waals surface area (Å²) in [5, 5.41) is 0.338. The summed E-state index contributed by atoms with van der Waals surface area (Å²) in [5.74, 6) is -0.656. The molecule has 0 N–H and O–H groups in total. The summed E-state index contributed by atoms with van der Waals surface area (Å²) >= 11 is 10.2. The van der Waals surface area contributed by atoms with Gasteiger partial charge in [-0.15, -0.1) is 0 Å². The van der Waals surface area contributed by atoms with E-state index in [1.165, 1.54) is 37.3 Å². The van der Waals surface area contributed by atoms with E-state index in [1.807, 2.05) is 0 Å². The van der Waals surface area contributed by atoms with E-state index in [9.17, 15) is 22.8 Å². The van der Waals surface area contributed by atoms with Gasteiger partial charge in [-0.1, -0.05) is 53.8 Å². The summed E-state index contributed by atoms with van der Waals surface area (Å²) in [5.41, 5.74) is -1.95. The lowest BCUT2D eigenvalue weighted by atomic mass is 9.95. The van der Waals surface area contributed by atoms with Gasteiger partial charge in [-0.05, 0) is 64.3 Å². The lowest BCUT2D eigenvalue weighted by Crippen LogP contribution is -2.41. The third-order valence-electron chi connectivity index (χ3n) is 5.39. The first kappa shape index (κ1) is 27.9. The van der Waals surface area contributed by atoms with Crippen LogP contribution in [0, 0.1) is 0 Å². The van der Waals surface area contributed by atoms with Gasteiger partial charge in [0, 0.05) is 5.02 Å². The second kappa shape index (κ2) is 11.3. The number of benzene rings is 2. The summed E-state index contributed by atoms with van der Waals surface area (Å²) in [6.07, 6.45) is -1.85. The van der Waals surface area contributed by atoms with Crippen molar-refractivity contribution in [3.63, 3.8) is 0 Å². The van der Waals surface area contributed by atoms with Crippen molar-refractivity contribution in [2.75, 3.05) is 13.2 Å². The molecule has 198 valence electrons. The SMILES string of the molecule is C=CCOc1ccc(/C=c2\sc3n(c2=O)[C@H](c2ccc(Cl)cc2)C(C(=O)OCC)=C(C(F)(F)F)N=3)cc1Br. The molecule has 2 aromatic carbocycles. The topological polar surface area (TPSA) is 69.9 Å². The minimum Gasteiger partial charge on any atom is -0.488 e. The molecule has 12 heteroatoms. The number of halogens is 5.